The number of nitrogens with one attached hydrogen (secondary N) is 3. The molecule has 10 heteroatoms. The van der Waals surface area contributed by atoms with Crippen molar-refractivity contribution < 1.29 is 19.1 Å². The highest BCUT2D eigenvalue weighted by atomic mass is 32.1. The maximum Gasteiger partial charge on any atom is 0.256 e. The molecule has 5 atom stereocenters. The number of hydrogen-bond acceptors (Lipinski definition) is 7. The molecule has 0 spiro atoms. The van der Waals surface area contributed by atoms with E-state index in [2.05, 4.69) is 70.1 Å². The SMILES string of the molecule is C=C[C@@H]1C[C@]1(NC(=O)[C@@H]1C[C@@H]2CN1C(=O)[C@H](C1CCCC1)NCCCCC/C=C/c1ccc3ccnc(c3c1)O2)C(=O)NS. The van der Waals surface area contributed by atoms with E-state index in [1.165, 1.54) is 0 Å². The molecule has 2 saturated carbocycles. The maximum atomic E-state index is 14.4. The van der Waals surface area contributed by atoms with E-state index >= 15 is 0 Å². The summed E-state index contributed by atoms with van der Waals surface area (Å²) in [5, 5.41) is 8.49. The summed E-state index contributed by atoms with van der Waals surface area (Å²) in [5.41, 5.74) is -0.0305. The molecule has 3 fully saturated rings. The van der Waals surface area contributed by atoms with E-state index in [-0.39, 0.29) is 42.1 Å². The van der Waals surface area contributed by atoms with Crippen molar-refractivity contribution in [3.63, 3.8) is 0 Å². The molecule has 4 bridgehead atoms. The molecule has 234 valence electrons. The summed E-state index contributed by atoms with van der Waals surface area (Å²) in [6, 6.07) is 7.05. The van der Waals surface area contributed by atoms with Gasteiger partial charge in [-0.25, -0.2) is 4.98 Å². The van der Waals surface area contributed by atoms with E-state index in [1.54, 1.807) is 17.2 Å². The van der Waals surface area contributed by atoms with E-state index < -0.39 is 17.7 Å². The van der Waals surface area contributed by atoms with Crippen molar-refractivity contribution >= 4 is 47.4 Å². The van der Waals surface area contributed by atoms with Gasteiger partial charge in [0, 0.05) is 23.9 Å². The smallest absolute Gasteiger partial charge is 0.256 e. The van der Waals surface area contributed by atoms with Crippen molar-refractivity contribution in [1.82, 2.24) is 25.2 Å². The summed E-state index contributed by atoms with van der Waals surface area (Å²) in [7, 11) is 0. The first kappa shape index (κ1) is 30.6. The quantitative estimate of drug-likeness (QED) is 0.294. The minimum absolute atomic E-state index is 0.0656. The summed E-state index contributed by atoms with van der Waals surface area (Å²) < 4.78 is 8.91. The fourth-order valence-corrected chi connectivity index (χ4v) is 7.49. The molecule has 44 heavy (non-hydrogen) atoms. The lowest BCUT2D eigenvalue weighted by Crippen LogP contribution is -2.57. The van der Waals surface area contributed by atoms with Crippen molar-refractivity contribution in [2.75, 3.05) is 13.1 Å². The number of thiol groups is 1. The van der Waals surface area contributed by atoms with Crippen LogP contribution >= 0.6 is 12.8 Å². The molecule has 1 aromatic heterocycles. The number of carbonyl (C=O) groups excluding carboxylic acids is 3. The van der Waals surface area contributed by atoms with Crippen molar-refractivity contribution in [1.29, 1.82) is 0 Å². The molecule has 3 amide bonds. The third kappa shape index (κ3) is 6.24. The highest BCUT2D eigenvalue weighted by Gasteiger charge is 2.60. The van der Waals surface area contributed by atoms with Gasteiger partial charge in [0.05, 0.1) is 12.6 Å². The van der Waals surface area contributed by atoms with Crippen LogP contribution in [0.3, 0.4) is 0 Å². The average molecular weight is 618 g/mol. The number of benzene rings is 1. The van der Waals surface area contributed by atoms with Gasteiger partial charge in [-0.3, -0.25) is 14.4 Å². The molecule has 1 aromatic carbocycles. The van der Waals surface area contributed by atoms with Gasteiger partial charge >= 0.3 is 0 Å². The number of allylic oxidation sites excluding steroid dienone is 1. The zero-order valence-corrected chi connectivity index (χ0v) is 26.1. The van der Waals surface area contributed by atoms with Gasteiger partial charge in [0.15, 0.2) is 0 Å². The largest absolute Gasteiger partial charge is 0.472 e. The Morgan fingerprint density at radius 2 is 2.00 bits per heavy atom. The molecule has 0 radical (unpaired) electrons. The number of fused-ring (bicyclic) bond motifs is 3. The van der Waals surface area contributed by atoms with Crippen LogP contribution in [0.4, 0.5) is 0 Å². The van der Waals surface area contributed by atoms with E-state index in [1.807, 2.05) is 6.07 Å². The number of aromatic nitrogens is 1. The Morgan fingerprint density at radius 3 is 2.77 bits per heavy atom. The maximum absolute atomic E-state index is 14.4. The Labute approximate surface area is 264 Å². The second kappa shape index (κ2) is 13.3. The normalized spacial score (nSPS) is 30.3. The van der Waals surface area contributed by atoms with Gasteiger partial charge in [0.1, 0.15) is 17.7 Å². The van der Waals surface area contributed by atoms with Crippen LogP contribution in [-0.4, -0.2) is 64.4 Å². The predicted molar refractivity (Wildman–Crippen MR) is 174 cm³/mol. The Kier molecular flexibility index (Phi) is 9.28. The Hall–Kier alpha value is -3.37. The van der Waals surface area contributed by atoms with Crippen LogP contribution in [0.2, 0.25) is 0 Å². The van der Waals surface area contributed by atoms with Crippen LogP contribution in [0.1, 0.15) is 69.8 Å². The number of rotatable bonds is 5. The van der Waals surface area contributed by atoms with Crippen LogP contribution < -0.4 is 20.1 Å². The average Bonchev–Trinajstić information content (AvgIpc) is 3.34. The van der Waals surface area contributed by atoms with Crippen LogP contribution in [0, 0.1) is 11.8 Å². The minimum atomic E-state index is -1.11. The Balaban J connectivity index is 1.33. The summed E-state index contributed by atoms with van der Waals surface area (Å²) >= 11 is 3.96. The van der Waals surface area contributed by atoms with E-state index in [0.717, 1.165) is 74.2 Å². The van der Waals surface area contributed by atoms with Gasteiger partial charge < -0.3 is 25.0 Å². The number of nitrogens with zero attached hydrogens (tertiary/aromatic N) is 2. The van der Waals surface area contributed by atoms with Crippen molar-refractivity contribution in [2.24, 2.45) is 11.8 Å². The van der Waals surface area contributed by atoms with Crippen LogP contribution in [0.25, 0.3) is 16.8 Å². The summed E-state index contributed by atoms with van der Waals surface area (Å²) in [6.45, 7) is 4.84. The monoisotopic (exact) mass is 617 g/mol. The molecule has 2 aliphatic carbocycles. The van der Waals surface area contributed by atoms with Crippen LogP contribution in [-0.2, 0) is 14.4 Å². The van der Waals surface area contributed by atoms with Crippen LogP contribution in [0.5, 0.6) is 5.88 Å². The van der Waals surface area contributed by atoms with Crippen LogP contribution in [0.15, 0.2) is 49.2 Å². The van der Waals surface area contributed by atoms with E-state index in [4.69, 9.17) is 4.74 Å². The van der Waals surface area contributed by atoms with Gasteiger partial charge in [0.2, 0.25) is 17.7 Å². The molecule has 6 rings (SSSR count). The molecule has 3 heterocycles. The highest BCUT2D eigenvalue weighted by molar-refractivity contribution is 7.78. The molecule has 2 aliphatic heterocycles. The first-order valence-electron chi connectivity index (χ1n) is 16.1. The second-order valence-electron chi connectivity index (χ2n) is 12.8. The van der Waals surface area contributed by atoms with Crippen molar-refractivity contribution in [2.45, 2.75) is 87.9 Å². The van der Waals surface area contributed by atoms with E-state index in [9.17, 15) is 14.4 Å². The lowest BCUT2D eigenvalue weighted by molar-refractivity contribution is -0.142. The van der Waals surface area contributed by atoms with Gasteiger partial charge in [-0.05, 0) is 74.1 Å². The number of pyridine rings is 1. The lowest BCUT2D eigenvalue weighted by atomic mass is 9.96. The topological polar surface area (TPSA) is 113 Å². The summed E-state index contributed by atoms with van der Waals surface area (Å²) in [5.74, 6) is -0.287. The molecule has 2 aromatic rings. The summed E-state index contributed by atoms with van der Waals surface area (Å²) in [6.07, 6.45) is 16.4. The zero-order chi connectivity index (χ0) is 30.7. The predicted octanol–water partition coefficient (Wildman–Crippen LogP) is 4.34. The summed E-state index contributed by atoms with van der Waals surface area (Å²) in [4.78, 5) is 47.5. The van der Waals surface area contributed by atoms with Crippen molar-refractivity contribution in [3.05, 3.63) is 54.8 Å². The Morgan fingerprint density at radius 1 is 1.16 bits per heavy atom. The highest BCUT2D eigenvalue weighted by Crippen LogP contribution is 2.45. The molecular formula is C34H43N5O4S. The first-order valence-corrected chi connectivity index (χ1v) is 16.5. The molecule has 9 nitrogen and oxygen atoms in total. The Bertz CT molecular complexity index is 1440. The zero-order valence-electron chi connectivity index (χ0n) is 25.2. The minimum Gasteiger partial charge on any atom is -0.472 e. The lowest BCUT2D eigenvalue weighted by Gasteiger charge is -2.32. The third-order valence-electron chi connectivity index (χ3n) is 9.89. The van der Waals surface area contributed by atoms with Gasteiger partial charge in [-0.15, -0.1) is 6.58 Å². The second-order valence-corrected chi connectivity index (χ2v) is 13.0. The standard InChI is InChI=1S/C34H43N5O4S/c1-2-25-20-34(25,33(42)38-44)37-30(40)28-19-26-21-39(28)32(41)29(24-11-7-8-12-24)35-16-9-5-3-4-6-10-22-13-14-23-15-17-36-31(43-26)27(23)18-22/h2,6,10,13-15,17-18,24-26,28-29,35,44H,1,3-5,7-9,11-12,16,19-21H2,(H,37,40)(H,38,42)/b10-6+/t25-,26-,28+,29+,34-/m1/s1. The molecule has 3 N–H and O–H groups in total. The van der Waals surface area contributed by atoms with E-state index in [0.29, 0.717) is 18.7 Å². The molecular weight excluding hydrogens is 574 g/mol. The van der Waals surface area contributed by atoms with Gasteiger partial charge in [-0.2, -0.15) is 0 Å². The molecule has 4 aliphatic rings. The number of hydrogen-bond donors (Lipinski definition) is 4. The van der Waals surface area contributed by atoms with Gasteiger partial charge in [-0.1, -0.05) is 62.4 Å². The van der Waals surface area contributed by atoms with Gasteiger partial charge in [0.25, 0.3) is 5.91 Å². The number of amides is 3. The number of ether oxygens (including phenoxy) is 1. The number of carbonyl (C=O) groups is 3. The van der Waals surface area contributed by atoms with Crippen molar-refractivity contribution in [3.8, 4) is 5.88 Å². The fraction of sp³-hybridized carbons (Fsp3) is 0.529. The first-order chi connectivity index (χ1) is 21.4. The third-order valence-corrected chi connectivity index (χ3v) is 10.1. The molecule has 1 saturated heterocycles. The molecule has 0 unspecified atom stereocenters. The fourth-order valence-electron chi connectivity index (χ4n) is 7.29.